The fraction of sp³-hybridized carbons (Fsp3) is 0.267. The number of rotatable bonds is 5. The second-order valence-electron chi connectivity index (χ2n) is 5.32. The van der Waals surface area contributed by atoms with E-state index in [1.165, 1.54) is 10.1 Å². The third-order valence-electron chi connectivity index (χ3n) is 3.78. The number of anilines is 1. The van der Waals surface area contributed by atoms with Crippen molar-refractivity contribution in [1.82, 2.24) is 34.8 Å². The van der Waals surface area contributed by atoms with Crippen molar-refractivity contribution in [3.8, 4) is 0 Å². The van der Waals surface area contributed by atoms with Gasteiger partial charge in [-0.25, -0.2) is 4.98 Å². The number of hydrogen-bond acceptors (Lipinski definition) is 6. The van der Waals surface area contributed by atoms with E-state index in [-0.39, 0.29) is 0 Å². The number of benzene rings is 1. The molecule has 0 aliphatic carbocycles. The molecule has 0 saturated heterocycles. The van der Waals surface area contributed by atoms with E-state index in [2.05, 4.69) is 41.6 Å². The number of aryl methyl sites for hydroxylation is 2. The van der Waals surface area contributed by atoms with Crippen LogP contribution < -0.4 is 5.32 Å². The van der Waals surface area contributed by atoms with Crippen molar-refractivity contribution in [2.45, 2.75) is 19.9 Å². The summed E-state index contributed by atoms with van der Waals surface area (Å²) in [6.45, 7) is 3.76. The van der Waals surface area contributed by atoms with Crippen LogP contribution in [0.15, 0.2) is 36.4 Å². The predicted octanol–water partition coefficient (Wildman–Crippen LogP) is 1.68. The van der Waals surface area contributed by atoms with Crippen LogP contribution in [0.25, 0.3) is 16.7 Å². The monoisotopic (exact) mass is 308 g/mol. The molecule has 23 heavy (non-hydrogen) atoms. The average molecular weight is 308 g/mol. The van der Waals surface area contributed by atoms with E-state index in [4.69, 9.17) is 0 Å². The van der Waals surface area contributed by atoms with Crippen LogP contribution in [-0.2, 0) is 6.54 Å². The third kappa shape index (κ3) is 2.59. The minimum Gasteiger partial charge on any atom is -0.369 e. The standard InChI is InChI=1S/C15H16N8/c1-11-17-12-5-2-3-6-13(12)22(11)10-4-9-16-14-7-8-15-18-20-21-23(15)19-14/h2-3,5-8H,4,9-10H2,1H3,(H,16,19). The summed E-state index contributed by atoms with van der Waals surface area (Å²) in [5.74, 6) is 1.80. The number of fused-ring (bicyclic) bond motifs is 2. The van der Waals surface area contributed by atoms with E-state index in [1.54, 1.807) is 0 Å². The first-order chi connectivity index (χ1) is 11.3. The molecule has 1 N–H and O–H groups in total. The van der Waals surface area contributed by atoms with E-state index < -0.39 is 0 Å². The Kier molecular flexibility index (Phi) is 3.34. The largest absolute Gasteiger partial charge is 0.369 e. The maximum atomic E-state index is 4.58. The summed E-state index contributed by atoms with van der Waals surface area (Å²) in [4.78, 5) is 4.58. The Labute approximate surface area is 132 Å². The second kappa shape index (κ2) is 5.64. The summed E-state index contributed by atoms with van der Waals surface area (Å²) in [7, 11) is 0. The molecule has 3 aromatic heterocycles. The van der Waals surface area contributed by atoms with Crippen molar-refractivity contribution in [1.29, 1.82) is 0 Å². The van der Waals surface area contributed by atoms with E-state index in [9.17, 15) is 0 Å². The second-order valence-corrected chi connectivity index (χ2v) is 5.32. The highest BCUT2D eigenvalue weighted by molar-refractivity contribution is 5.75. The number of imidazole rings is 1. The first-order valence-corrected chi connectivity index (χ1v) is 7.52. The lowest BCUT2D eigenvalue weighted by Crippen LogP contribution is -2.10. The molecule has 4 aromatic rings. The maximum Gasteiger partial charge on any atom is 0.200 e. The summed E-state index contributed by atoms with van der Waals surface area (Å²) < 4.78 is 3.66. The van der Waals surface area contributed by atoms with Crippen molar-refractivity contribution in [3.05, 3.63) is 42.2 Å². The molecule has 0 fully saturated rings. The number of nitrogens with zero attached hydrogens (tertiary/aromatic N) is 7. The number of nitrogens with one attached hydrogen (secondary N) is 1. The Hall–Kier alpha value is -3.03. The van der Waals surface area contributed by atoms with Crippen LogP contribution in [0.3, 0.4) is 0 Å². The van der Waals surface area contributed by atoms with Gasteiger partial charge in [-0.15, -0.1) is 14.8 Å². The number of hydrogen-bond donors (Lipinski definition) is 1. The summed E-state index contributed by atoms with van der Waals surface area (Å²) in [6.07, 6.45) is 0.969. The van der Waals surface area contributed by atoms with Gasteiger partial charge in [0.1, 0.15) is 11.6 Å². The van der Waals surface area contributed by atoms with Gasteiger partial charge in [-0.2, -0.15) is 0 Å². The van der Waals surface area contributed by atoms with Crippen LogP contribution in [0.5, 0.6) is 0 Å². The maximum absolute atomic E-state index is 4.58. The van der Waals surface area contributed by atoms with Crippen LogP contribution in [0.1, 0.15) is 12.2 Å². The number of para-hydroxylation sites is 2. The van der Waals surface area contributed by atoms with Gasteiger partial charge >= 0.3 is 0 Å². The lowest BCUT2D eigenvalue weighted by Gasteiger charge is -2.08. The molecule has 1 aromatic carbocycles. The molecule has 0 aliphatic rings. The predicted molar refractivity (Wildman–Crippen MR) is 86.2 cm³/mol. The fourth-order valence-electron chi connectivity index (χ4n) is 2.68. The molecule has 0 unspecified atom stereocenters. The van der Waals surface area contributed by atoms with Crippen molar-refractivity contribution < 1.29 is 0 Å². The Bertz CT molecular complexity index is 954. The first-order valence-electron chi connectivity index (χ1n) is 7.52. The molecule has 4 rings (SSSR count). The molecule has 0 amide bonds. The molecule has 0 saturated carbocycles. The first kappa shape index (κ1) is 13.6. The van der Waals surface area contributed by atoms with Crippen LogP contribution in [-0.4, -0.2) is 41.4 Å². The van der Waals surface area contributed by atoms with Crippen LogP contribution in [0.4, 0.5) is 5.82 Å². The smallest absolute Gasteiger partial charge is 0.200 e. The van der Waals surface area contributed by atoms with Gasteiger partial charge in [0.05, 0.1) is 11.0 Å². The van der Waals surface area contributed by atoms with Crippen LogP contribution >= 0.6 is 0 Å². The van der Waals surface area contributed by atoms with Crippen molar-refractivity contribution in [2.75, 3.05) is 11.9 Å². The Morgan fingerprint density at radius 2 is 2.04 bits per heavy atom. The van der Waals surface area contributed by atoms with Crippen LogP contribution in [0, 0.1) is 6.92 Å². The number of tetrazole rings is 1. The SMILES string of the molecule is Cc1nc2ccccc2n1CCCNc1ccc2nnnn2n1. The van der Waals surface area contributed by atoms with Crippen molar-refractivity contribution in [2.24, 2.45) is 0 Å². The van der Waals surface area contributed by atoms with Gasteiger partial charge in [0.25, 0.3) is 0 Å². The van der Waals surface area contributed by atoms with Gasteiger partial charge < -0.3 is 9.88 Å². The van der Waals surface area contributed by atoms with Crippen molar-refractivity contribution >= 4 is 22.5 Å². The van der Waals surface area contributed by atoms with Crippen molar-refractivity contribution in [3.63, 3.8) is 0 Å². The molecule has 0 bridgehead atoms. The quantitative estimate of drug-likeness (QED) is 0.565. The van der Waals surface area contributed by atoms with E-state index in [0.29, 0.717) is 5.65 Å². The minimum atomic E-state index is 0.635. The Balaban J connectivity index is 1.40. The molecule has 0 radical (unpaired) electrons. The molecule has 8 heteroatoms. The lowest BCUT2D eigenvalue weighted by molar-refractivity contribution is 0.656. The molecule has 0 aliphatic heterocycles. The van der Waals surface area contributed by atoms with Gasteiger partial charge in [0.2, 0.25) is 0 Å². The highest BCUT2D eigenvalue weighted by Gasteiger charge is 2.06. The summed E-state index contributed by atoms with van der Waals surface area (Å²) in [5.41, 5.74) is 2.86. The zero-order chi connectivity index (χ0) is 15.6. The molecule has 3 heterocycles. The van der Waals surface area contributed by atoms with E-state index >= 15 is 0 Å². The normalized spacial score (nSPS) is 11.3. The van der Waals surface area contributed by atoms with Gasteiger partial charge in [-0.3, -0.25) is 0 Å². The zero-order valence-corrected chi connectivity index (χ0v) is 12.7. The Morgan fingerprint density at radius 3 is 3.00 bits per heavy atom. The fourth-order valence-corrected chi connectivity index (χ4v) is 2.68. The average Bonchev–Trinajstić information content (AvgIpc) is 3.15. The summed E-state index contributed by atoms with van der Waals surface area (Å²) >= 11 is 0. The van der Waals surface area contributed by atoms with Crippen LogP contribution in [0.2, 0.25) is 0 Å². The molecular weight excluding hydrogens is 292 g/mol. The third-order valence-corrected chi connectivity index (χ3v) is 3.78. The summed E-state index contributed by atoms with van der Waals surface area (Å²) in [6, 6.07) is 11.9. The number of aromatic nitrogens is 7. The van der Waals surface area contributed by atoms with Gasteiger partial charge in [-0.05, 0) is 48.0 Å². The molecule has 0 atom stereocenters. The molecule has 8 nitrogen and oxygen atoms in total. The van der Waals surface area contributed by atoms with E-state index in [0.717, 1.165) is 36.7 Å². The van der Waals surface area contributed by atoms with Gasteiger partial charge in [0.15, 0.2) is 5.65 Å². The highest BCUT2D eigenvalue weighted by atomic mass is 15.6. The highest BCUT2D eigenvalue weighted by Crippen LogP contribution is 2.15. The topological polar surface area (TPSA) is 85.8 Å². The lowest BCUT2D eigenvalue weighted by atomic mass is 10.3. The minimum absolute atomic E-state index is 0.635. The van der Waals surface area contributed by atoms with Gasteiger partial charge in [0, 0.05) is 13.1 Å². The van der Waals surface area contributed by atoms with E-state index in [1.807, 2.05) is 37.3 Å². The zero-order valence-electron chi connectivity index (χ0n) is 12.7. The van der Waals surface area contributed by atoms with Gasteiger partial charge in [-0.1, -0.05) is 12.1 Å². The summed E-state index contributed by atoms with van der Waals surface area (Å²) in [5, 5.41) is 18.8. The molecule has 116 valence electrons. The molecular formula is C15H16N8. The molecule has 0 spiro atoms. The Morgan fingerprint density at radius 1 is 1.13 bits per heavy atom.